The number of thiophene rings is 1. The van der Waals surface area contributed by atoms with Crippen LogP contribution in [0.4, 0.5) is 4.39 Å². The van der Waals surface area contributed by atoms with Crippen molar-refractivity contribution in [2.45, 2.75) is 5.03 Å². The Kier molecular flexibility index (Phi) is 5.64. The number of nitrogens with zero attached hydrogens (tertiary/aromatic N) is 2. The van der Waals surface area contributed by atoms with Gasteiger partial charge in [0.25, 0.3) is 5.91 Å². The molecule has 1 N–H and O–H groups in total. The van der Waals surface area contributed by atoms with E-state index in [4.69, 9.17) is 0 Å². The third kappa shape index (κ3) is 4.49. The van der Waals surface area contributed by atoms with E-state index in [0.29, 0.717) is 10.6 Å². The van der Waals surface area contributed by atoms with Gasteiger partial charge in [-0.1, -0.05) is 42.1 Å². The maximum atomic E-state index is 13.2. The Balaban J connectivity index is 1.47. The van der Waals surface area contributed by atoms with E-state index in [-0.39, 0.29) is 11.6 Å². The van der Waals surface area contributed by atoms with Crippen molar-refractivity contribution in [3.8, 4) is 10.4 Å². The highest BCUT2D eigenvalue weighted by molar-refractivity contribution is 8.00. The molecule has 0 saturated heterocycles. The van der Waals surface area contributed by atoms with Gasteiger partial charge in [-0.15, -0.1) is 11.3 Å². The molecule has 0 atom stereocenters. The van der Waals surface area contributed by atoms with Crippen molar-refractivity contribution in [3.63, 3.8) is 0 Å². The number of imide groups is 1. The Hall–Kier alpha value is -3.10. The normalized spacial score (nSPS) is 10.8. The molecule has 2 aromatic heterocycles. The Morgan fingerprint density at radius 1 is 1.03 bits per heavy atom. The van der Waals surface area contributed by atoms with Gasteiger partial charge >= 0.3 is 0 Å². The zero-order chi connectivity index (χ0) is 20.2. The number of carbonyl (C=O) groups is 2. The van der Waals surface area contributed by atoms with Crippen LogP contribution in [0.3, 0.4) is 0 Å². The van der Waals surface area contributed by atoms with Gasteiger partial charge < -0.3 is 0 Å². The monoisotopic (exact) mass is 423 g/mol. The van der Waals surface area contributed by atoms with Gasteiger partial charge in [-0.2, -0.15) is 0 Å². The highest BCUT2D eigenvalue weighted by Crippen LogP contribution is 2.36. The molecule has 0 unspecified atom stereocenters. The average Bonchev–Trinajstić information content (AvgIpc) is 3.18. The fourth-order valence-corrected chi connectivity index (χ4v) is 4.65. The molecule has 5 nitrogen and oxygen atoms in total. The first-order valence-corrected chi connectivity index (χ1v) is 10.4. The van der Waals surface area contributed by atoms with Crippen LogP contribution in [0.2, 0.25) is 0 Å². The lowest BCUT2D eigenvalue weighted by molar-refractivity contribution is -0.117. The number of halogens is 1. The third-order valence-electron chi connectivity index (χ3n) is 4.04. The predicted molar refractivity (Wildman–Crippen MR) is 112 cm³/mol. The van der Waals surface area contributed by atoms with Crippen molar-refractivity contribution in [2.75, 3.05) is 5.75 Å². The highest BCUT2D eigenvalue weighted by Gasteiger charge is 2.14. The van der Waals surface area contributed by atoms with Crippen LogP contribution in [0.1, 0.15) is 10.4 Å². The summed E-state index contributed by atoms with van der Waals surface area (Å²) in [6.07, 6.45) is 1.44. The zero-order valence-corrected chi connectivity index (χ0v) is 16.6. The van der Waals surface area contributed by atoms with Crippen LogP contribution in [0.5, 0.6) is 0 Å². The molecule has 0 spiro atoms. The summed E-state index contributed by atoms with van der Waals surface area (Å²) in [4.78, 5) is 33.7. The van der Waals surface area contributed by atoms with Gasteiger partial charge in [-0.25, -0.2) is 14.4 Å². The maximum absolute atomic E-state index is 13.2. The minimum absolute atomic E-state index is 0.0501. The first kappa shape index (κ1) is 19.2. The lowest BCUT2D eigenvalue weighted by Crippen LogP contribution is -2.31. The molecule has 0 aliphatic carbocycles. The molecule has 4 aromatic rings. The Labute approximate surface area is 174 Å². The molecule has 0 bridgehead atoms. The van der Waals surface area contributed by atoms with E-state index in [1.807, 2.05) is 6.07 Å². The third-order valence-corrected chi connectivity index (χ3v) is 6.33. The molecule has 0 aliphatic heterocycles. The number of aromatic nitrogens is 2. The first-order chi connectivity index (χ1) is 14.1. The summed E-state index contributed by atoms with van der Waals surface area (Å²) >= 11 is 2.72. The fourth-order valence-electron chi connectivity index (χ4n) is 2.65. The van der Waals surface area contributed by atoms with Crippen molar-refractivity contribution in [2.24, 2.45) is 0 Å². The van der Waals surface area contributed by atoms with E-state index in [0.717, 1.165) is 20.7 Å². The molecule has 8 heteroatoms. The number of nitrogens with one attached hydrogen (secondary N) is 1. The van der Waals surface area contributed by atoms with E-state index in [9.17, 15) is 14.0 Å². The summed E-state index contributed by atoms with van der Waals surface area (Å²) in [6, 6.07) is 16.7. The average molecular weight is 423 g/mol. The van der Waals surface area contributed by atoms with E-state index >= 15 is 0 Å². The molecule has 2 amide bonds. The molecule has 4 rings (SSSR count). The molecule has 144 valence electrons. The molecule has 0 radical (unpaired) electrons. The SMILES string of the molecule is O=C(CSc1ncnc2cc(-c3ccc(F)cc3)sc12)NC(=O)c1ccccc1. The lowest BCUT2D eigenvalue weighted by Gasteiger charge is -2.04. The van der Waals surface area contributed by atoms with E-state index < -0.39 is 11.8 Å². The lowest BCUT2D eigenvalue weighted by atomic mass is 10.2. The van der Waals surface area contributed by atoms with Gasteiger partial charge in [0, 0.05) is 10.4 Å². The van der Waals surface area contributed by atoms with Crippen molar-refractivity contribution in [1.29, 1.82) is 0 Å². The summed E-state index contributed by atoms with van der Waals surface area (Å²) in [5, 5.41) is 3.04. The number of thioether (sulfide) groups is 1. The number of hydrogen-bond acceptors (Lipinski definition) is 6. The van der Waals surface area contributed by atoms with Gasteiger partial charge in [0.1, 0.15) is 17.2 Å². The fraction of sp³-hybridized carbons (Fsp3) is 0.0476. The van der Waals surface area contributed by atoms with E-state index in [2.05, 4.69) is 15.3 Å². The molecular weight excluding hydrogens is 409 g/mol. The summed E-state index contributed by atoms with van der Waals surface area (Å²) in [6.45, 7) is 0. The van der Waals surface area contributed by atoms with Crippen LogP contribution in [0.15, 0.2) is 72.0 Å². The van der Waals surface area contributed by atoms with Crippen molar-refractivity contribution in [3.05, 3.63) is 78.4 Å². The number of amides is 2. The molecule has 0 fully saturated rings. The number of rotatable bonds is 5. The second kappa shape index (κ2) is 8.50. The summed E-state index contributed by atoms with van der Waals surface area (Å²) < 4.78 is 14.0. The predicted octanol–water partition coefficient (Wildman–Crippen LogP) is 4.55. The number of benzene rings is 2. The van der Waals surface area contributed by atoms with Crippen molar-refractivity contribution >= 4 is 45.1 Å². The Morgan fingerprint density at radius 2 is 1.79 bits per heavy atom. The maximum Gasteiger partial charge on any atom is 0.257 e. The molecule has 0 aliphatic rings. The highest BCUT2D eigenvalue weighted by atomic mass is 32.2. The van der Waals surface area contributed by atoms with Gasteiger partial charge in [0.05, 0.1) is 16.0 Å². The van der Waals surface area contributed by atoms with Gasteiger partial charge in [0.2, 0.25) is 5.91 Å². The van der Waals surface area contributed by atoms with Gasteiger partial charge in [-0.05, 0) is 35.9 Å². The number of hydrogen-bond donors (Lipinski definition) is 1. The number of fused-ring (bicyclic) bond motifs is 1. The van der Waals surface area contributed by atoms with E-state index in [1.165, 1.54) is 41.6 Å². The van der Waals surface area contributed by atoms with Crippen LogP contribution < -0.4 is 5.32 Å². The standard InChI is InChI=1S/C21H14FN3O2S2/c22-15-8-6-13(7-9-15)17-10-16-19(29-17)21(24-12-23-16)28-11-18(26)25-20(27)14-4-2-1-3-5-14/h1-10,12H,11H2,(H,25,26,27). The quantitative estimate of drug-likeness (QED) is 0.377. The summed E-state index contributed by atoms with van der Waals surface area (Å²) in [5.74, 6) is -1.07. The van der Waals surface area contributed by atoms with Crippen LogP contribution in [0.25, 0.3) is 20.7 Å². The first-order valence-electron chi connectivity index (χ1n) is 8.62. The van der Waals surface area contributed by atoms with E-state index in [1.54, 1.807) is 42.5 Å². The van der Waals surface area contributed by atoms with Crippen LogP contribution in [-0.2, 0) is 4.79 Å². The molecule has 2 aromatic carbocycles. The van der Waals surface area contributed by atoms with Crippen LogP contribution in [0, 0.1) is 5.82 Å². The van der Waals surface area contributed by atoms with Crippen molar-refractivity contribution in [1.82, 2.24) is 15.3 Å². The topological polar surface area (TPSA) is 72.0 Å². The number of carbonyl (C=O) groups excluding carboxylic acids is 2. The van der Waals surface area contributed by atoms with Crippen LogP contribution in [-0.4, -0.2) is 27.5 Å². The Morgan fingerprint density at radius 3 is 2.55 bits per heavy atom. The second-order valence-corrected chi connectivity index (χ2v) is 8.06. The molecular formula is C21H14FN3O2S2. The van der Waals surface area contributed by atoms with Gasteiger partial charge in [0.15, 0.2) is 0 Å². The van der Waals surface area contributed by atoms with Crippen molar-refractivity contribution < 1.29 is 14.0 Å². The molecule has 29 heavy (non-hydrogen) atoms. The molecule has 0 saturated carbocycles. The Bertz CT molecular complexity index is 1180. The minimum atomic E-state index is -0.432. The second-order valence-electron chi connectivity index (χ2n) is 6.04. The largest absolute Gasteiger partial charge is 0.292 e. The smallest absolute Gasteiger partial charge is 0.257 e. The summed E-state index contributed by atoms with van der Waals surface area (Å²) in [5.41, 5.74) is 2.07. The summed E-state index contributed by atoms with van der Waals surface area (Å²) in [7, 11) is 0. The molecule has 2 heterocycles. The van der Waals surface area contributed by atoms with Gasteiger partial charge in [-0.3, -0.25) is 14.9 Å². The minimum Gasteiger partial charge on any atom is -0.292 e. The van der Waals surface area contributed by atoms with Crippen LogP contribution >= 0.6 is 23.1 Å². The zero-order valence-electron chi connectivity index (χ0n) is 15.0.